The van der Waals surface area contributed by atoms with Gasteiger partial charge in [0.15, 0.2) is 0 Å². The monoisotopic (exact) mass is 312 g/mol. The van der Waals surface area contributed by atoms with Gasteiger partial charge in [0.2, 0.25) is 0 Å². The fourth-order valence-corrected chi connectivity index (χ4v) is 1.83. The second-order valence-corrected chi connectivity index (χ2v) is 4.63. The number of aromatic nitrogens is 1. The van der Waals surface area contributed by atoms with E-state index in [0.29, 0.717) is 24.1 Å². The second kappa shape index (κ2) is 8.28. The molecule has 0 saturated heterocycles. The first-order valence-corrected chi connectivity index (χ1v) is 6.94. The molecule has 3 amide bonds. The molecule has 1 aromatic carbocycles. The lowest BCUT2D eigenvalue weighted by molar-refractivity contribution is -0.107. The van der Waals surface area contributed by atoms with Crippen molar-refractivity contribution in [3.05, 3.63) is 59.9 Å². The lowest BCUT2D eigenvalue weighted by atomic mass is 10.2. The highest BCUT2D eigenvalue weighted by molar-refractivity contribution is 5.97. The standard InChI is InChI=1S/C16H16N4O3/c21-8-7-18-15(22)13-4-1-5-14(9-13)20-16(23)19-11-12-3-2-6-17-10-12/h1-6,8-10H,7,11H2,(H,18,22)(H2,19,20,23). The van der Waals surface area contributed by atoms with Gasteiger partial charge in [-0.1, -0.05) is 12.1 Å². The van der Waals surface area contributed by atoms with Crippen LogP contribution in [0.1, 0.15) is 15.9 Å². The number of carbonyl (C=O) groups excluding carboxylic acids is 3. The zero-order valence-corrected chi connectivity index (χ0v) is 12.3. The molecule has 0 saturated carbocycles. The number of carbonyl (C=O) groups is 3. The van der Waals surface area contributed by atoms with Crippen LogP contribution in [-0.2, 0) is 11.3 Å². The van der Waals surface area contributed by atoms with Crippen molar-refractivity contribution in [2.75, 3.05) is 11.9 Å². The summed E-state index contributed by atoms with van der Waals surface area (Å²) in [5.74, 6) is -0.378. The third-order valence-corrected chi connectivity index (χ3v) is 2.90. The number of rotatable bonds is 6. The first-order chi connectivity index (χ1) is 11.2. The molecule has 0 bridgehead atoms. The molecule has 3 N–H and O–H groups in total. The van der Waals surface area contributed by atoms with Crippen molar-refractivity contribution >= 4 is 23.9 Å². The van der Waals surface area contributed by atoms with Gasteiger partial charge in [0.1, 0.15) is 6.29 Å². The summed E-state index contributed by atoms with van der Waals surface area (Å²) in [4.78, 5) is 37.8. The van der Waals surface area contributed by atoms with E-state index in [-0.39, 0.29) is 18.5 Å². The smallest absolute Gasteiger partial charge is 0.319 e. The van der Waals surface area contributed by atoms with Gasteiger partial charge >= 0.3 is 6.03 Å². The van der Waals surface area contributed by atoms with Crippen molar-refractivity contribution < 1.29 is 14.4 Å². The third kappa shape index (κ3) is 5.24. The van der Waals surface area contributed by atoms with E-state index >= 15 is 0 Å². The summed E-state index contributed by atoms with van der Waals surface area (Å²) in [6, 6.07) is 9.69. The third-order valence-electron chi connectivity index (χ3n) is 2.90. The number of nitrogens with zero attached hydrogens (tertiary/aromatic N) is 1. The highest BCUT2D eigenvalue weighted by Gasteiger charge is 2.07. The van der Waals surface area contributed by atoms with Gasteiger partial charge in [-0.3, -0.25) is 9.78 Å². The quantitative estimate of drug-likeness (QED) is 0.701. The highest BCUT2D eigenvalue weighted by Crippen LogP contribution is 2.10. The Morgan fingerprint density at radius 2 is 2.00 bits per heavy atom. The topological polar surface area (TPSA) is 100 Å². The molecule has 118 valence electrons. The van der Waals surface area contributed by atoms with Gasteiger partial charge in [0.05, 0.1) is 6.54 Å². The molecule has 0 unspecified atom stereocenters. The summed E-state index contributed by atoms with van der Waals surface area (Å²) < 4.78 is 0. The molecule has 7 nitrogen and oxygen atoms in total. The van der Waals surface area contributed by atoms with E-state index in [9.17, 15) is 14.4 Å². The normalized spacial score (nSPS) is 9.74. The van der Waals surface area contributed by atoms with Crippen LogP contribution in [0, 0.1) is 0 Å². The van der Waals surface area contributed by atoms with E-state index in [1.54, 1.807) is 36.7 Å². The van der Waals surface area contributed by atoms with Gasteiger partial charge in [0, 0.05) is 30.2 Å². The molecule has 0 atom stereocenters. The molecule has 1 aromatic heterocycles. The minimum absolute atomic E-state index is 0.0535. The molecular weight excluding hydrogens is 296 g/mol. The zero-order valence-electron chi connectivity index (χ0n) is 12.3. The fraction of sp³-hybridized carbons (Fsp3) is 0.125. The average molecular weight is 312 g/mol. The molecule has 23 heavy (non-hydrogen) atoms. The van der Waals surface area contributed by atoms with Crippen LogP contribution in [0.15, 0.2) is 48.8 Å². The Kier molecular flexibility index (Phi) is 5.81. The van der Waals surface area contributed by atoms with Gasteiger partial charge in [-0.2, -0.15) is 0 Å². The summed E-state index contributed by atoms with van der Waals surface area (Å²) in [5, 5.41) is 7.77. The molecule has 0 aliphatic rings. The lowest BCUT2D eigenvalue weighted by Gasteiger charge is -2.09. The summed E-state index contributed by atoms with van der Waals surface area (Å²) in [7, 11) is 0. The fourth-order valence-electron chi connectivity index (χ4n) is 1.83. The first kappa shape index (κ1) is 16.2. The number of aldehydes is 1. The Morgan fingerprint density at radius 1 is 1.13 bits per heavy atom. The van der Waals surface area contributed by atoms with Gasteiger partial charge in [-0.25, -0.2) is 4.79 Å². The number of urea groups is 1. The van der Waals surface area contributed by atoms with E-state index in [0.717, 1.165) is 5.56 Å². The van der Waals surface area contributed by atoms with E-state index in [2.05, 4.69) is 20.9 Å². The maximum Gasteiger partial charge on any atom is 0.319 e. The maximum atomic E-state index is 11.8. The van der Waals surface area contributed by atoms with Crippen LogP contribution in [0.3, 0.4) is 0 Å². The molecule has 7 heteroatoms. The number of amides is 3. The summed E-state index contributed by atoms with van der Waals surface area (Å²) in [5.41, 5.74) is 1.72. The average Bonchev–Trinajstić information content (AvgIpc) is 2.59. The van der Waals surface area contributed by atoms with Crippen molar-refractivity contribution in [3.63, 3.8) is 0 Å². The van der Waals surface area contributed by atoms with E-state index < -0.39 is 0 Å². The van der Waals surface area contributed by atoms with Crippen molar-refractivity contribution in [2.45, 2.75) is 6.54 Å². The molecule has 0 fully saturated rings. The minimum atomic E-state index is -0.390. The molecule has 0 radical (unpaired) electrons. The van der Waals surface area contributed by atoms with Gasteiger partial charge in [0.25, 0.3) is 5.91 Å². The van der Waals surface area contributed by atoms with Crippen molar-refractivity contribution in [1.82, 2.24) is 15.6 Å². The molecule has 2 aromatic rings. The summed E-state index contributed by atoms with van der Waals surface area (Å²) >= 11 is 0. The molecule has 2 rings (SSSR count). The lowest BCUT2D eigenvalue weighted by Crippen LogP contribution is -2.28. The SMILES string of the molecule is O=CCNC(=O)c1cccc(NC(=O)NCc2cccnc2)c1. The highest BCUT2D eigenvalue weighted by atomic mass is 16.2. The molecule has 0 aliphatic carbocycles. The van der Waals surface area contributed by atoms with Crippen LogP contribution in [0.25, 0.3) is 0 Å². The van der Waals surface area contributed by atoms with Crippen molar-refractivity contribution in [3.8, 4) is 0 Å². The van der Waals surface area contributed by atoms with Crippen LogP contribution in [-0.4, -0.2) is 29.8 Å². The van der Waals surface area contributed by atoms with Crippen LogP contribution in [0.4, 0.5) is 10.5 Å². The molecule has 0 aliphatic heterocycles. The number of pyridine rings is 1. The van der Waals surface area contributed by atoms with Crippen LogP contribution in [0.5, 0.6) is 0 Å². The van der Waals surface area contributed by atoms with Gasteiger partial charge in [-0.15, -0.1) is 0 Å². The summed E-state index contributed by atoms with van der Waals surface area (Å²) in [6.45, 7) is 0.293. The van der Waals surface area contributed by atoms with E-state index in [4.69, 9.17) is 0 Å². The maximum absolute atomic E-state index is 11.8. The zero-order chi connectivity index (χ0) is 16.5. The summed E-state index contributed by atoms with van der Waals surface area (Å²) in [6.07, 6.45) is 3.93. The van der Waals surface area contributed by atoms with Gasteiger partial charge < -0.3 is 20.7 Å². The van der Waals surface area contributed by atoms with Gasteiger partial charge in [-0.05, 0) is 29.8 Å². The van der Waals surface area contributed by atoms with E-state index in [1.807, 2.05) is 6.07 Å². The number of nitrogens with one attached hydrogen (secondary N) is 3. The first-order valence-electron chi connectivity index (χ1n) is 6.94. The molecule has 1 heterocycles. The van der Waals surface area contributed by atoms with E-state index in [1.165, 1.54) is 6.07 Å². The number of benzene rings is 1. The Hall–Kier alpha value is -3.22. The molecular formula is C16H16N4O3. The van der Waals surface area contributed by atoms with Crippen LogP contribution >= 0.6 is 0 Å². The van der Waals surface area contributed by atoms with Crippen molar-refractivity contribution in [2.24, 2.45) is 0 Å². The number of anilines is 1. The number of hydrogen-bond donors (Lipinski definition) is 3. The Bertz CT molecular complexity index is 689. The van der Waals surface area contributed by atoms with Crippen LogP contribution < -0.4 is 16.0 Å². The Balaban J connectivity index is 1.90. The van der Waals surface area contributed by atoms with Crippen LogP contribution in [0.2, 0.25) is 0 Å². The number of hydrogen-bond acceptors (Lipinski definition) is 4. The largest absolute Gasteiger partial charge is 0.345 e. The second-order valence-electron chi connectivity index (χ2n) is 4.63. The predicted molar refractivity (Wildman–Crippen MR) is 84.9 cm³/mol. The molecule has 0 spiro atoms. The Morgan fingerprint density at radius 3 is 2.74 bits per heavy atom. The van der Waals surface area contributed by atoms with Crippen molar-refractivity contribution in [1.29, 1.82) is 0 Å². The Labute approximate surface area is 133 Å². The minimum Gasteiger partial charge on any atom is -0.345 e. The predicted octanol–water partition coefficient (Wildman–Crippen LogP) is 1.33.